The number of anilines is 1. The summed E-state index contributed by atoms with van der Waals surface area (Å²) in [5, 5.41) is 8.44. The number of halogens is 1. The van der Waals surface area contributed by atoms with Gasteiger partial charge in [-0.05, 0) is 62.5 Å². The lowest BCUT2D eigenvalue weighted by Crippen LogP contribution is -2.41. The lowest BCUT2D eigenvalue weighted by molar-refractivity contribution is -0.120. The minimum atomic E-state index is -3.76. The highest BCUT2D eigenvalue weighted by Gasteiger charge is 2.18. The van der Waals surface area contributed by atoms with Crippen molar-refractivity contribution < 1.29 is 17.9 Å². The molecule has 2 rings (SSSR count). The van der Waals surface area contributed by atoms with Gasteiger partial charge in [0, 0.05) is 17.3 Å². The molecule has 1 atom stereocenters. The lowest BCUT2D eigenvalue weighted by atomic mass is 10.2. The zero-order chi connectivity index (χ0) is 20.0. The maximum absolute atomic E-state index is 12.4. The predicted molar refractivity (Wildman–Crippen MR) is 105 cm³/mol. The number of amides is 1. The Hall–Kier alpha value is -2.13. The Bertz CT molecular complexity index is 870. The second-order valence-corrected chi connectivity index (χ2v) is 8.02. The van der Waals surface area contributed by atoms with Crippen LogP contribution in [-0.4, -0.2) is 45.5 Å². The van der Waals surface area contributed by atoms with Crippen LogP contribution < -0.4 is 15.2 Å². The molecule has 27 heavy (non-hydrogen) atoms. The summed E-state index contributed by atoms with van der Waals surface area (Å²) < 4.78 is 28.1. The van der Waals surface area contributed by atoms with E-state index in [1.807, 2.05) is 11.9 Å². The number of likely N-dealkylation sites (N-methyl/N-ethyl adjacent to an activating group) is 1. The van der Waals surface area contributed by atoms with E-state index in [1.54, 1.807) is 31.2 Å². The maximum Gasteiger partial charge on any atom is 0.241 e. The summed E-state index contributed by atoms with van der Waals surface area (Å²) in [6.07, 6.45) is 0. The molecule has 3 N–H and O–H groups in total. The van der Waals surface area contributed by atoms with Crippen LogP contribution in [0.5, 0.6) is 5.75 Å². The number of benzene rings is 2. The second kappa shape index (κ2) is 9.18. The van der Waals surface area contributed by atoms with Crippen molar-refractivity contribution in [2.45, 2.75) is 17.9 Å². The number of hydrogen-bond acceptors (Lipinski definition) is 5. The van der Waals surface area contributed by atoms with Crippen LogP contribution in [0.25, 0.3) is 0 Å². The molecule has 2 aromatic carbocycles. The van der Waals surface area contributed by atoms with Crippen molar-refractivity contribution in [3.63, 3.8) is 0 Å². The molecule has 0 aliphatic rings. The monoisotopic (exact) mass is 411 g/mol. The van der Waals surface area contributed by atoms with E-state index in [4.69, 9.17) is 21.5 Å². The largest absolute Gasteiger partial charge is 0.492 e. The van der Waals surface area contributed by atoms with Gasteiger partial charge in [-0.25, -0.2) is 13.6 Å². The standard InChI is InChI=1S/C18H22ClN3O4S/c1-13(22(2)11-12-26-16-7-3-14(19)4-8-16)18(23)21-15-5-9-17(10-6-15)27(20,24)25/h3-10,13H,11-12H2,1-2H3,(H,21,23)(H2,20,24,25)/t13-/m1/s1. The van der Waals surface area contributed by atoms with Crippen LogP contribution in [0.15, 0.2) is 53.4 Å². The van der Waals surface area contributed by atoms with Gasteiger partial charge in [-0.2, -0.15) is 0 Å². The van der Waals surface area contributed by atoms with Gasteiger partial charge in [0.1, 0.15) is 12.4 Å². The van der Waals surface area contributed by atoms with Crippen molar-refractivity contribution in [2.75, 3.05) is 25.5 Å². The lowest BCUT2D eigenvalue weighted by Gasteiger charge is -2.23. The highest BCUT2D eigenvalue weighted by Crippen LogP contribution is 2.16. The fourth-order valence-corrected chi connectivity index (χ4v) is 2.85. The van der Waals surface area contributed by atoms with E-state index in [0.29, 0.717) is 29.6 Å². The fraction of sp³-hybridized carbons (Fsp3) is 0.278. The first-order chi connectivity index (χ1) is 12.7. The Balaban J connectivity index is 1.83. The average Bonchev–Trinajstić information content (AvgIpc) is 2.62. The third-order valence-corrected chi connectivity index (χ3v) is 5.20. The Morgan fingerprint density at radius 2 is 1.78 bits per heavy atom. The van der Waals surface area contributed by atoms with E-state index in [2.05, 4.69) is 5.32 Å². The van der Waals surface area contributed by atoms with E-state index in [9.17, 15) is 13.2 Å². The number of nitrogens with two attached hydrogens (primary N) is 1. The Morgan fingerprint density at radius 3 is 2.33 bits per heavy atom. The predicted octanol–water partition coefficient (Wildman–Crippen LogP) is 2.33. The molecule has 9 heteroatoms. The summed E-state index contributed by atoms with van der Waals surface area (Å²) >= 11 is 5.83. The van der Waals surface area contributed by atoms with Crippen molar-refractivity contribution in [2.24, 2.45) is 5.14 Å². The van der Waals surface area contributed by atoms with Gasteiger partial charge in [0.2, 0.25) is 15.9 Å². The molecule has 146 valence electrons. The van der Waals surface area contributed by atoms with Crippen molar-refractivity contribution in [3.05, 3.63) is 53.6 Å². The third-order valence-electron chi connectivity index (χ3n) is 4.02. The van der Waals surface area contributed by atoms with Gasteiger partial charge in [-0.3, -0.25) is 9.69 Å². The number of carbonyl (C=O) groups excluding carboxylic acids is 1. The number of nitrogens with zero attached hydrogens (tertiary/aromatic N) is 1. The average molecular weight is 412 g/mol. The van der Waals surface area contributed by atoms with E-state index in [-0.39, 0.29) is 10.8 Å². The van der Waals surface area contributed by atoms with E-state index in [1.165, 1.54) is 24.3 Å². The molecule has 0 unspecified atom stereocenters. The zero-order valence-electron chi connectivity index (χ0n) is 15.1. The van der Waals surface area contributed by atoms with Crippen LogP contribution in [0.4, 0.5) is 5.69 Å². The first-order valence-corrected chi connectivity index (χ1v) is 10.1. The van der Waals surface area contributed by atoms with Crippen LogP contribution >= 0.6 is 11.6 Å². The molecule has 0 radical (unpaired) electrons. The summed E-state index contributed by atoms with van der Waals surface area (Å²) in [4.78, 5) is 14.2. The Kier molecular flexibility index (Phi) is 7.20. The van der Waals surface area contributed by atoms with Gasteiger partial charge >= 0.3 is 0 Å². The zero-order valence-corrected chi connectivity index (χ0v) is 16.6. The van der Waals surface area contributed by atoms with Crippen LogP contribution in [0.2, 0.25) is 5.02 Å². The summed E-state index contributed by atoms with van der Waals surface area (Å²) in [6.45, 7) is 2.73. The van der Waals surface area contributed by atoms with Crippen LogP contribution in [-0.2, 0) is 14.8 Å². The second-order valence-electron chi connectivity index (χ2n) is 6.02. The normalized spacial score (nSPS) is 12.6. The number of hydrogen-bond donors (Lipinski definition) is 2. The topological polar surface area (TPSA) is 102 Å². The smallest absolute Gasteiger partial charge is 0.241 e. The van der Waals surface area contributed by atoms with Crippen LogP contribution in [0, 0.1) is 0 Å². The number of primary sulfonamides is 1. The highest BCUT2D eigenvalue weighted by atomic mass is 35.5. The van der Waals surface area contributed by atoms with Gasteiger partial charge in [-0.1, -0.05) is 11.6 Å². The number of rotatable bonds is 8. The molecule has 0 aliphatic heterocycles. The van der Waals surface area contributed by atoms with E-state index in [0.717, 1.165) is 0 Å². The molecule has 2 aromatic rings. The summed E-state index contributed by atoms with van der Waals surface area (Å²) in [6, 6.07) is 12.3. The SMILES string of the molecule is C[C@H](C(=O)Nc1ccc(S(N)(=O)=O)cc1)N(C)CCOc1ccc(Cl)cc1. The molecule has 1 amide bonds. The minimum Gasteiger partial charge on any atom is -0.492 e. The molecule has 7 nitrogen and oxygen atoms in total. The van der Waals surface area contributed by atoms with Gasteiger partial charge in [-0.15, -0.1) is 0 Å². The number of sulfonamides is 1. The van der Waals surface area contributed by atoms with Gasteiger partial charge in [0.25, 0.3) is 0 Å². The van der Waals surface area contributed by atoms with Crippen molar-refractivity contribution >= 4 is 33.2 Å². The van der Waals surface area contributed by atoms with Crippen molar-refractivity contribution in [3.8, 4) is 5.75 Å². The summed E-state index contributed by atoms with van der Waals surface area (Å²) in [7, 11) is -1.94. The molecule has 0 saturated carbocycles. The summed E-state index contributed by atoms with van der Waals surface area (Å²) in [5.74, 6) is 0.493. The molecule has 0 saturated heterocycles. The highest BCUT2D eigenvalue weighted by molar-refractivity contribution is 7.89. The maximum atomic E-state index is 12.4. The Morgan fingerprint density at radius 1 is 1.19 bits per heavy atom. The van der Waals surface area contributed by atoms with Crippen molar-refractivity contribution in [1.29, 1.82) is 0 Å². The first kappa shape index (κ1) is 21.2. The molecule has 0 aromatic heterocycles. The molecular formula is C18H22ClN3O4S. The Labute approximate surface area is 164 Å². The van der Waals surface area contributed by atoms with Crippen molar-refractivity contribution in [1.82, 2.24) is 4.90 Å². The van der Waals surface area contributed by atoms with Gasteiger partial charge in [0.05, 0.1) is 10.9 Å². The van der Waals surface area contributed by atoms with Gasteiger partial charge in [0.15, 0.2) is 0 Å². The van der Waals surface area contributed by atoms with E-state index >= 15 is 0 Å². The molecule has 0 heterocycles. The molecular weight excluding hydrogens is 390 g/mol. The van der Waals surface area contributed by atoms with Gasteiger partial charge < -0.3 is 10.1 Å². The summed E-state index contributed by atoms with van der Waals surface area (Å²) in [5.41, 5.74) is 0.491. The number of ether oxygens (including phenoxy) is 1. The molecule has 0 bridgehead atoms. The minimum absolute atomic E-state index is 0.00925. The third kappa shape index (κ3) is 6.51. The molecule has 0 fully saturated rings. The quantitative estimate of drug-likeness (QED) is 0.694. The van der Waals surface area contributed by atoms with Crippen LogP contribution in [0.3, 0.4) is 0 Å². The molecule has 0 spiro atoms. The van der Waals surface area contributed by atoms with E-state index < -0.39 is 16.1 Å². The number of nitrogens with one attached hydrogen (secondary N) is 1. The van der Waals surface area contributed by atoms with Crippen LogP contribution in [0.1, 0.15) is 6.92 Å². The first-order valence-electron chi connectivity index (χ1n) is 8.19. The fourth-order valence-electron chi connectivity index (χ4n) is 2.21. The number of carbonyl (C=O) groups is 1. The molecule has 0 aliphatic carbocycles.